The third-order valence-electron chi connectivity index (χ3n) is 0.1000. The van der Waals surface area contributed by atoms with Gasteiger partial charge in [-0.05, 0) is 6.92 Å². The Bertz CT molecular complexity index is 28.9. The Morgan fingerprint density at radius 1 is 1.86 bits per heavy atom. The largest absolute Gasteiger partial charge is 0.396 e. The summed E-state index contributed by atoms with van der Waals surface area (Å²) in [6.45, 7) is 1.63. The highest BCUT2D eigenvalue weighted by Gasteiger charge is 1.57. The quantitative estimate of drug-likeness (QED) is 0.383. The van der Waals surface area contributed by atoms with Gasteiger partial charge in [-0.15, -0.1) is 0 Å². The highest BCUT2D eigenvalue weighted by Crippen LogP contribution is 1.61. The van der Waals surface area contributed by atoms with Crippen molar-refractivity contribution in [1.82, 2.24) is 0 Å². The lowest BCUT2D eigenvalue weighted by Gasteiger charge is -1.69. The van der Waals surface area contributed by atoms with Gasteiger partial charge in [0.2, 0.25) is 0 Å². The maximum Gasteiger partial charge on any atom is 0.116 e. The van der Waals surface area contributed by atoms with Crippen molar-refractivity contribution in [2.45, 2.75) is 6.92 Å². The van der Waals surface area contributed by atoms with Gasteiger partial charge in [0.25, 0.3) is 0 Å². The Morgan fingerprint density at radius 2 is 2.00 bits per heavy atom. The van der Waals surface area contributed by atoms with E-state index in [1.807, 2.05) is 0 Å². The Kier molecular flexibility index (Phi) is 24.0. The fourth-order valence-corrected chi connectivity index (χ4v) is 0. The molecule has 0 amide bonds. The first kappa shape index (κ1) is 10.1. The van der Waals surface area contributed by atoms with Gasteiger partial charge in [-0.1, -0.05) is 0 Å². The molecule has 3 heteroatoms. The molecule has 1 N–H and O–H groups in total. The summed E-state index contributed by atoms with van der Waals surface area (Å²) in [4.78, 5) is 8.81. The summed E-state index contributed by atoms with van der Waals surface area (Å²) in [6, 6.07) is 0. The average molecular weight is 122 g/mol. The topological polar surface area (TPSA) is 37.3 Å². The van der Waals surface area contributed by atoms with Gasteiger partial charge in [-0.25, -0.2) is 0 Å². The van der Waals surface area contributed by atoms with E-state index in [1.54, 1.807) is 0 Å². The van der Waals surface area contributed by atoms with Crippen LogP contribution < -0.4 is 0 Å². The zero-order valence-electron chi connectivity index (χ0n) is 4.29. The molecular weight excluding hydrogens is 112 g/mol. The molecular formula is C4H10O2S. The number of hydrogen-bond donors (Lipinski definition) is 2. The zero-order chi connectivity index (χ0) is 6.12. The summed E-state index contributed by atoms with van der Waals surface area (Å²) in [5, 5.41) is 7.80. The molecule has 2 nitrogen and oxygen atoms in total. The zero-order valence-corrected chi connectivity index (χ0v) is 5.19. The number of aliphatic hydroxyl groups excluding tert-OH is 1. The summed E-state index contributed by atoms with van der Waals surface area (Å²) in [5.41, 5.74) is 0. The molecule has 0 aromatic heterocycles. The van der Waals surface area contributed by atoms with E-state index in [4.69, 9.17) is 9.90 Å². The van der Waals surface area contributed by atoms with Crippen LogP contribution in [0.5, 0.6) is 0 Å². The number of carbonyl (C=O) groups is 1. The van der Waals surface area contributed by atoms with Crippen LogP contribution in [0.3, 0.4) is 0 Å². The van der Waals surface area contributed by atoms with Crippen LogP contribution in [0.1, 0.15) is 6.92 Å². The van der Waals surface area contributed by atoms with Crippen molar-refractivity contribution in [3.05, 3.63) is 0 Å². The monoisotopic (exact) mass is 122 g/mol. The molecule has 0 bridgehead atoms. The fourth-order valence-electron chi connectivity index (χ4n) is 0. The fraction of sp³-hybridized carbons (Fsp3) is 0.750. The minimum Gasteiger partial charge on any atom is -0.396 e. The van der Waals surface area contributed by atoms with Crippen molar-refractivity contribution in [3.8, 4) is 0 Å². The molecule has 0 heterocycles. The molecule has 0 rings (SSSR count). The Morgan fingerprint density at radius 3 is 2.00 bits per heavy atom. The van der Waals surface area contributed by atoms with Gasteiger partial charge < -0.3 is 9.90 Å². The minimum atomic E-state index is 0.184. The average Bonchev–Trinajstić information content (AvgIpc) is 1.69. The van der Waals surface area contributed by atoms with E-state index in [-0.39, 0.29) is 6.61 Å². The van der Waals surface area contributed by atoms with Gasteiger partial charge in [-0.2, -0.15) is 12.6 Å². The third kappa shape index (κ3) is 98.6. The summed E-state index contributed by atoms with van der Waals surface area (Å²) >= 11 is 3.67. The standard InChI is InChI=1S/C2H6OS.C2H4O/c3-1-2-4;1-2-3/h3-4H,1-2H2;2H,1H3. The number of aliphatic hydroxyl groups is 1. The number of rotatable bonds is 1. The lowest BCUT2D eigenvalue weighted by Crippen LogP contribution is -1.76. The molecule has 0 aliphatic rings. The van der Waals surface area contributed by atoms with Gasteiger partial charge in [0.15, 0.2) is 0 Å². The first-order valence-corrected chi connectivity index (χ1v) is 2.58. The van der Waals surface area contributed by atoms with E-state index >= 15 is 0 Å². The van der Waals surface area contributed by atoms with Crippen molar-refractivity contribution >= 4 is 18.9 Å². The molecule has 0 radical (unpaired) electrons. The van der Waals surface area contributed by atoms with Crippen molar-refractivity contribution < 1.29 is 9.90 Å². The van der Waals surface area contributed by atoms with Gasteiger partial charge in [0, 0.05) is 5.75 Å². The smallest absolute Gasteiger partial charge is 0.116 e. The summed E-state index contributed by atoms with van der Waals surface area (Å²) < 4.78 is 0. The second kappa shape index (κ2) is 16.7. The second-order valence-corrected chi connectivity index (χ2v) is 1.13. The molecule has 44 valence electrons. The predicted molar refractivity (Wildman–Crippen MR) is 32.7 cm³/mol. The van der Waals surface area contributed by atoms with Crippen LogP contribution >= 0.6 is 12.6 Å². The van der Waals surface area contributed by atoms with E-state index < -0.39 is 0 Å². The van der Waals surface area contributed by atoms with Crippen LogP contribution in [0, 0.1) is 0 Å². The van der Waals surface area contributed by atoms with E-state index in [0.29, 0.717) is 5.75 Å². The van der Waals surface area contributed by atoms with Crippen LogP contribution in [0.15, 0.2) is 0 Å². The second-order valence-electron chi connectivity index (χ2n) is 0.683. The summed E-state index contributed by atoms with van der Waals surface area (Å²) in [7, 11) is 0. The first-order chi connectivity index (χ1) is 3.33. The van der Waals surface area contributed by atoms with Gasteiger partial charge in [0.1, 0.15) is 6.29 Å². The molecule has 0 spiro atoms. The number of aldehydes is 1. The van der Waals surface area contributed by atoms with E-state index in [0.717, 1.165) is 6.29 Å². The van der Waals surface area contributed by atoms with Crippen molar-refractivity contribution in [3.63, 3.8) is 0 Å². The Hall–Kier alpha value is -0.0200. The molecule has 0 atom stereocenters. The Labute approximate surface area is 49.0 Å². The molecule has 0 fully saturated rings. The molecule has 0 saturated heterocycles. The van der Waals surface area contributed by atoms with Crippen LogP contribution in [0.4, 0.5) is 0 Å². The lowest BCUT2D eigenvalue weighted by molar-refractivity contribution is -0.106. The van der Waals surface area contributed by atoms with Crippen LogP contribution in [-0.2, 0) is 4.79 Å². The van der Waals surface area contributed by atoms with Crippen LogP contribution in [0.2, 0.25) is 0 Å². The van der Waals surface area contributed by atoms with Gasteiger partial charge in [0.05, 0.1) is 6.61 Å². The normalized spacial score (nSPS) is 6.14. The number of thiol groups is 1. The molecule has 0 aliphatic heterocycles. The molecule has 0 aromatic rings. The van der Waals surface area contributed by atoms with E-state index in [1.165, 1.54) is 6.92 Å². The SMILES string of the molecule is CC=O.OCCS. The number of hydrogen-bond acceptors (Lipinski definition) is 3. The lowest BCUT2D eigenvalue weighted by atomic mass is 10.9. The Balaban J connectivity index is 0. The van der Waals surface area contributed by atoms with Crippen LogP contribution in [-0.4, -0.2) is 23.8 Å². The predicted octanol–water partition coefficient (Wildman–Crippen LogP) is 0.114. The molecule has 0 aliphatic carbocycles. The maximum absolute atomic E-state index is 8.81. The molecule has 0 aromatic carbocycles. The van der Waals surface area contributed by atoms with Crippen molar-refractivity contribution in [2.24, 2.45) is 0 Å². The van der Waals surface area contributed by atoms with Crippen LogP contribution in [0.25, 0.3) is 0 Å². The van der Waals surface area contributed by atoms with E-state index in [2.05, 4.69) is 12.6 Å². The van der Waals surface area contributed by atoms with Crippen molar-refractivity contribution in [1.29, 1.82) is 0 Å². The maximum atomic E-state index is 8.81. The third-order valence-corrected chi connectivity index (χ3v) is 0.300. The van der Waals surface area contributed by atoms with E-state index in [9.17, 15) is 0 Å². The van der Waals surface area contributed by atoms with Crippen molar-refractivity contribution in [2.75, 3.05) is 12.4 Å². The summed E-state index contributed by atoms with van der Waals surface area (Å²) in [6.07, 6.45) is 0.750. The summed E-state index contributed by atoms with van der Waals surface area (Å²) in [5.74, 6) is 0.569. The highest BCUT2D eigenvalue weighted by molar-refractivity contribution is 7.80. The molecule has 0 saturated carbocycles. The van der Waals surface area contributed by atoms with Gasteiger partial charge in [-0.3, -0.25) is 0 Å². The molecule has 0 unspecified atom stereocenters. The first-order valence-electron chi connectivity index (χ1n) is 1.95. The minimum absolute atomic E-state index is 0.184. The van der Waals surface area contributed by atoms with Gasteiger partial charge >= 0.3 is 0 Å². The number of carbonyl (C=O) groups excluding carboxylic acids is 1. The highest BCUT2D eigenvalue weighted by atomic mass is 32.1. The molecule has 7 heavy (non-hydrogen) atoms.